The maximum absolute atomic E-state index is 5.94. The fourth-order valence-corrected chi connectivity index (χ4v) is 2.02. The first kappa shape index (κ1) is 14.9. The van der Waals surface area contributed by atoms with Gasteiger partial charge in [-0.3, -0.25) is 0 Å². The van der Waals surface area contributed by atoms with E-state index in [1.54, 1.807) is 7.11 Å². The molecule has 1 aliphatic carbocycles. The summed E-state index contributed by atoms with van der Waals surface area (Å²) in [7, 11) is 1.72. The molecule has 1 saturated carbocycles. The SMILES string of the molecule is COCCN(c1ccc(N)c(OCC(C)C)n1)C1CC1. The fraction of sp³-hybridized carbons (Fsp3) is 0.667. The number of rotatable bonds is 8. The average molecular weight is 279 g/mol. The van der Waals surface area contributed by atoms with Crippen LogP contribution in [0.4, 0.5) is 11.5 Å². The molecule has 0 aliphatic heterocycles. The van der Waals surface area contributed by atoms with Crippen LogP contribution >= 0.6 is 0 Å². The molecule has 5 nitrogen and oxygen atoms in total. The number of nitrogens with zero attached hydrogens (tertiary/aromatic N) is 2. The van der Waals surface area contributed by atoms with Gasteiger partial charge in [-0.2, -0.15) is 4.98 Å². The largest absolute Gasteiger partial charge is 0.476 e. The highest BCUT2D eigenvalue weighted by Gasteiger charge is 2.30. The van der Waals surface area contributed by atoms with E-state index in [1.807, 2.05) is 12.1 Å². The Labute approximate surface area is 121 Å². The van der Waals surface area contributed by atoms with Crippen molar-refractivity contribution in [2.24, 2.45) is 5.92 Å². The minimum absolute atomic E-state index is 0.452. The summed E-state index contributed by atoms with van der Waals surface area (Å²) >= 11 is 0. The molecule has 5 heteroatoms. The van der Waals surface area contributed by atoms with Crippen molar-refractivity contribution in [3.05, 3.63) is 12.1 Å². The number of methoxy groups -OCH3 is 1. The van der Waals surface area contributed by atoms with Crippen molar-refractivity contribution in [1.29, 1.82) is 0 Å². The van der Waals surface area contributed by atoms with Gasteiger partial charge in [-0.05, 0) is 30.9 Å². The van der Waals surface area contributed by atoms with Crippen LogP contribution in [0.2, 0.25) is 0 Å². The zero-order valence-corrected chi connectivity index (χ0v) is 12.6. The van der Waals surface area contributed by atoms with Crippen LogP contribution in [0, 0.1) is 5.92 Å². The van der Waals surface area contributed by atoms with Gasteiger partial charge in [0.25, 0.3) is 0 Å². The Morgan fingerprint density at radius 3 is 2.75 bits per heavy atom. The number of nitrogen functional groups attached to an aromatic ring is 1. The Morgan fingerprint density at radius 1 is 1.40 bits per heavy atom. The molecule has 0 amide bonds. The molecular formula is C15H25N3O2. The van der Waals surface area contributed by atoms with Crippen molar-refractivity contribution in [3.8, 4) is 5.88 Å². The molecule has 0 spiro atoms. The first-order chi connectivity index (χ1) is 9.61. The third-order valence-corrected chi connectivity index (χ3v) is 3.25. The number of nitrogens with two attached hydrogens (primary N) is 1. The van der Waals surface area contributed by atoms with Crippen molar-refractivity contribution in [3.63, 3.8) is 0 Å². The third-order valence-electron chi connectivity index (χ3n) is 3.25. The summed E-state index contributed by atoms with van der Waals surface area (Å²) in [5.41, 5.74) is 6.53. The van der Waals surface area contributed by atoms with E-state index in [4.69, 9.17) is 15.2 Å². The summed E-state index contributed by atoms with van der Waals surface area (Å²) in [6, 6.07) is 4.42. The van der Waals surface area contributed by atoms with Crippen molar-refractivity contribution >= 4 is 11.5 Å². The quantitative estimate of drug-likeness (QED) is 0.791. The molecule has 1 fully saturated rings. The predicted octanol–water partition coefficient (Wildman–Crippen LogP) is 2.31. The van der Waals surface area contributed by atoms with Gasteiger partial charge in [0, 0.05) is 19.7 Å². The Morgan fingerprint density at radius 2 is 2.15 bits per heavy atom. The fourth-order valence-electron chi connectivity index (χ4n) is 2.02. The summed E-state index contributed by atoms with van der Waals surface area (Å²) in [5.74, 6) is 1.92. The lowest BCUT2D eigenvalue weighted by molar-refractivity contribution is 0.204. The first-order valence-electron chi connectivity index (χ1n) is 7.26. The van der Waals surface area contributed by atoms with Crippen LogP contribution in [0.1, 0.15) is 26.7 Å². The van der Waals surface area contributed by atoms with Crippen LogP contribution in [0.25, 0.3) is 0 Å². The molecule has 0 saturated heterocycles. The first-order valence-corrected chi connectivity index (χ1v) is 7.26. The van der Waals surface area contributed by atoms with Crippen LogP contribution in [-0.2, 0) is 4.74 Å². The lowest BCUT2D eigenvalue weighted by atomic mass is 10.2. The number of aromatic nitrogens is 1. The van der Waals surface area contributed by atoms with Crippen LogP contribution in [0.5, 0.6) is 5.88 Å². The minimum Gasteiger partial charge on any atom is -0.476 e. The standard InChI is InChI=1S/C15H25N3O2/c1-11(2)10-20-15-13(16)6-7-14(17-15)18(8-9-19-3)12-4-5-12/h6-7,11-12H,4-5,8-10,16H2,1-3H3. The van der Waals surface area contributed by atoms with E-state index < -0.39 is 0 Å². The highest BCUT2D eigenvalue weighted by atomic mass is 16.5. The number of anilines is 2. The van der Waals surface area contributed by atoms with Gasteiger partial charge in [-0.15, -0.1) is 0 Å². The third kappa shape index (κ3) is 4.00. The lowest BCUT2D eigenvalue weighted by Crippen LogP contribution is -2.30. The van der Waals surface area contributed by atoms with Crippen molar-refractivity contribution in [2.75, 3.05) is 37.5 Å². The molecule has 0 aromatic carbocycles. The molecule has 1 aromatic rings. The van der Waals surface area contributed by atoms with E-state index in [-0.39, 0.29) is 0 Å². The predicted molar refractivity (Wildman–Crippen MR) is 81.2 cm³/mol. The molecule has 0 radical (unpaired) electrons. The molecule has 0 atom stereocenters. The Balaban J connectivity index is 2.11. The number of hydrogen-bond acceptors (Lipinski definition) is 5. The van der Waals surface area contributed by atoms with E-state index in [9.17, 15) is 0 Å². The molecule has 2 N–H and O–H groups in total. The Hall–Kier alpha value is -1.49. The maximum atomic E-state index is 5.94. The van der Waals surface area contributed by atoms with Gasteiger partial charge >= 0.3 is 0 Å². The van der Waals surface area contributed by atoms with Crippen molar-refractivity contribution in [2.45, 2.75) is 32.7 Å². The Kier molecular flexibility index (Phi) is 5.06. The second-order valence-electron chi connectivity index (χ2n) is 5.69. The smallest absolute Gasteiger partial charge is 0.239 e. The second-order valence-corrected chi connectivity index (χ2v) is 5.69. The van der Waals surface area contributed by atoms with Crippen molar-refractivity contribution in [1.82, 2.24) is 4.98 Å². The highest BCUT2D eigenvalue weighted by Crippen LogP contribution is 2.32. The van der Waals surface area contributed by atoms with Gasteiger partial charge < -0.3 is 20.1 Å². The molecule has 1 aromatic heterocycles. The van der Waals surface area contributed by atoms with E-state index in [1.165, 1.54) is 12.8 Å². The van der Waals surface area contributed by atoms with Gasteiger partial charge in [-0.1, -0.05) is 13.8 Å². The molecule has 1 aliphatic rings. The van der Waals surface area contributed by atoms with E-state index >= 15 is 0 Å². The summed E-state index contributed by atoms with van der Waals surface area (Å²) in [5, 5.41) is 0. The minimum atomic E-state index is 0.452. The number of ether oxygens (including phenoxy) is 2. The average Bonchev–Trinajstić information content (AvgIpc) is 3.23. The monoisotopic (exact) mass is 279 g/mol. The maximum Gasteiger partial charge on any atom is 0.239 e. The number of hydrogen-bond donors (Lipinski definition) is 1. The van der Waals surface area contributed by atoms with Gasteiger partial charge in [0.15, 0.2) is 0 Å². The van der Waals surface area contributed by atoms with Gasteiger partial charge in [-0.25, -0.2) is 0 Å². The zero-order valence-electron chi connectivity index (χ0n) is 12.6. The topological polar surface area (TPSA) is 60.6 Å². The summed E-state index contributed by atoms with van der Waals surface area (Å²) < 4.78 is 10.9. The van der Waals surface area contributed by atoms with Gasteiger partial charge in [0.1, 0.15) is 5.82 Å². The van der Waals surface area contributed by atoms with E-state index in [2.05, 4.69) is 23.7 Å². The summed E-state index contributed by atoms with van der Waals surface area (Å²) in [6.07, 6.45) is 2.44. The highest BCUT2D eigenvalue weighted by molar-refractivity contribution is 5.55. The molecule has 2 rings (SSSR count). The zero-order chi connectivity index (χ0) is 14.5. The molecule has 20 heavy (non-hydrogen) atoms. The van der Waals surface area contributed by atoms with Crippen molar-refractivity contribution < 1.29 is 9.47 Å². The second kappa shape index (κ2) is 6.79. The summed E-state index contributed by atoms with van der Waals surface area (Å²) in [6.45, 7) is 6.39. The van der Waals surface area contributed by atoms with E-state index in [0.717, 1.165) is 12.4 Å². The van der Waals surface area contributed by atoms with E-state index in [0.29, 0.717) is 36.7 Å². The normalized spacial score (nSPS) is 14.6. The molecular weight excluding hydrogens is 254 g/mol. The molecule has 0 unspecified atom stereocenters. The van der Waals surface area contributed by atoms with Gasteiger partial charge in [0.05, 0.1) is 18.9 Å². The molecule has 0 bridgehead atoms. The molecule has 112 valence electrons. The summed E-state index contributed by atoms with van der Waals surface area (Å²) in [4.78, 5) is 6.86. The van der Waals surface area contributed by atoms with Gasteiger partial charge in [0.2, 0.25) is 5.88 Å². The van der Waals surface area contributed by atoms with Crippen LogP contribution < -0.4 is 15.4 Å². The Bertz CT molecular complexity index is 433. The van der Waals surface area contributed by atoms with Crippen LogP contribution in [-0.4, -0.2) is 37.9 Å². The van der Waals surface area contributed by atoms with Crippen LogP contribution in [0.15, 0.2) is 12.1 Å². The molecule has 1 heterocycles. The lowest BCUT2D eigenvalue weighted by Gasteiger charge is -2.24. The number of pyridine rings is 1. The van der Waals surface area contributed by atoms with Crippen LogP contribution in [0.3, 0.4) is 0 Å².